The summed E-state index contributed by atoms with van der Waals surface area (Å²) >= 11 is 0. The number of aliphatic imine (C=N–C) groups is 1. The Bertz CT molecular complexity index is 831. The number of nitrogens with two attached hydrogens (primary N) is 4. The molecule has 1 aliphatic rings. The van der Waals surface area contributed by atoms with Crippen molar-refractivity contribution in [2.24, 2.45) is 33.8 Å². The van der Waals surface area contributed by atoms with Crippen LogP contribution in [0.5, 0.6) is 0 Å². The highest BCUT2D eigenvalue weighted by molar-refractivity contribution is 5.94. The van der Waals surface area contributed by atoms with E-state index in [1.54, 1.807) is 0 Å². The van der Waals surface area contributed by atoms with Crippen molar-refractivity contribution in [3.05, 3.63) is 0 Å². The van der Waals surface area contributed by atoms with E-state index in [4.69, 9.17) is 22.9 Å². The van der Waals surface area contributed by atoms with Gasteiger partial charge in [0.05, 0.1) is 6.04 Å². The molecule has 4 amide bonds. The SMILES string of the molecule is CCC(C)C(NC(=O)C(N)CCCN=C(N)N)C(=O)N1CCCC1C(=O)NC(CCC(N)=O)C(=O)O. The molecule has 5 unspecified atom stereocenters. The van der Waals surface area contributed by atoms with Gasteiger partial charge in [-0.15, -0.1) is 0 Å². The van der Waals surface area contributed by atoms with Crippen molar-refractivity contribution in [2.75, 3.05) is 13.1 Å². The van der Waals surface area contributed by atoms with E-state index < -0.39 is 53.8 Å². The predicted octanol–water partition coefficient (Wildman–Crippen LogP) is -2.28. The molecule has 11 N–H and O–H groups in total. The number of nitrogens with zero attached hydrogens (tertiary/aromatic N) is 2. The highest BCUT2D eigenvalue weighted by atomic mass is 16.4. The lowest BCUT2D eigenvalue weighted by molar-refractivity contribution is -0.145. The second kappa shape index (κ2) is 14.9. The van der Waals surface area contributed by atoms with Gasteiger partial charge in [-0.1, -0.05) is 20.3 Å². The highest BCUT2D eigenvalue weighted by Gasteiger charge is 2.40. The molecule has 1 aliphatic heterocycles. The van der Waals surface area contributed by atoms with Gasteiger partial charge in [-0.05, 0) is 38.0 Å². The molecule has 0 bridgehead atoms. The van der Waals surface area contributed by atoms with Crippen LogP contribution in [-0.4, -0.2) is 82.8 Å². The van der Waals surface area contributed by atoms with Crippen LogP contribution in [0.15, 0.2) is 4.99 Å². The Kier molecular flexibility index (Phi) is 12.6. The molecular weight excluding hydrogens is 472 g/mol. The Balaban J connectivity index is 2.89. The molecule has 0 aromatic carbocycles. The zero-order valence-corrected chi connectivity index (χ0v) is 20.9. The van der Waals surface area contributed by atoms with Crippen molar-refractivity contribution < 1.29 is 29.1 Å². The third-order valence-electron chi connectivity index (χ3n) is 6.21. The van der Waals surface area contributed by atoms with E-state index in [0.29, 0.717) is 38.6 Å². The lowest BCUT2D eigenvalue weighted by Crippen LogP contribution is -2.58. The minimum Gasteiger partial charge on any atom is -0.480 e. The van der Waals surface area contributed by atoms with Gasteiger partial charge in [0, 0.05) is 19.5 Å². The molecule has 0 saturated carbocycles. The summed E-state index contributed by atoms with van der Waals surface area (Å²) in [5.41, 5.74) is 21.6. The van der Waals surface area contributed by atoms with Crippen LogP contribution in [0, 0.1) is 5.92 Å². The monoisotopic (exact) mass is 512 g/mol. The summed E-state index contributed by atoms with van der Waals surface area (Å²) in [6.45, 7) is 4.28. The van der Waals surface area contributed by atoms with Crippen molar-refractivity contribution in [3.8, 4) is 0 Å². The smallest absolute Gasteiger partial charge is 0.326 e. The average Bonchev–Trinajstić information content (AvgIpc) is 3.31. The van der Waals surface area contributed by atoms with Gasteiger partial charge in [-0.3, -0.25) is 24.2 Å². The van der Waals surface area contributed by atoms with Gasteiger partial charge in [0.25, 0.3) is 0 Å². The molecule has 0 aromatic heterocycles. The van der Waals surface area contributed by atoms with Gasteiger partial charge in [0.15, 0.2) is 5.96 Å². The Morgan fingerprint density at radius 2 is 1.78 bits per heavy atom. The summed E-state index contributed by atoms with van der Waals surface area (Å²) in [5.74, 6) is -3.87. The first-order valence-electron chi connectivity index (χ1n) is 12.1. The van der Waals surface area contributed by atoms with Crippen molar-refractivity contribution in [3.63, 3.8) is 0 Å². The number of carbonyl (C=O) groups excluding carboxylic acids is 4. The van der Waals surface area contributed by atoms with Gasteiger partial charge in [0.1, 0.15) is 18.1 Å². The number of nitrogens with one attached hydrogen (secondary N) is 2. The van der Waals surface area contributed by atoms with Crippen LogP contribution in [0.2, 0.25) is 0 Å². The first-order valence-corrected chi connectivity index (χ1v) is 12.1. The molecule has 0 aromatic rings. The quantitative estimate of drug-likeness (QED) is 0.0708. The van der Waals surface area contributed by atoms with Crippen molar-refractivity contribution in [1.82, 2.24) is 15.5 Å². The number of carbonyl (C=O) groups is 5. The van der Waals surface area contributed by atoms with E-state index in [-0.39, 0.29) is 31.3 Å². The number of guanidine groups is 1. The minimum atomic E-state index is -1.32. The van der Waals surface area contributed by atoms with Crippen molar-refractivity contribution in [2.45, 2.75) is 83.0 Å². The maximum absolute atomic E-state index is 13.5. The number of likely N-dealkylation sites (tertiary alicyclic amines) is 1. The maximum atomic E-state index is 13.5. The summed E-state index contributed by atoms with van der Waals surface area (Å²) in [5, 5.41) is 14.5. The zero-order chi connectivity index (χ0) is 27.4. The molecule has 204 valence electrons. The minimum absolute atomic E-state index is 0.0535. The van der Waals surface area contributed by atoms with E-state index in [1.165, 1.54) is 4.90 Å². The highest BCUT2D eigenvalue weighted by Crippen LogP contribution is 2.22. The van der Waals surface area contributed by atoms with E-state index >= 15 is 0 Å². The van der Waals surface area contributed by atoms with Gasteiger partial charge >= 0.3 is 5.97 Å². The van der Waals surface area contributed by atoms with E-state index in [1.807, 2.05) is 13.8 Å². The molecule has 1 saturated heterocycles. The number of hydrogen-bond donors (Lipinski definition) is 7. The number of primary amides is 1. The average molecular weight is 513 g/mol. The van der Waals surface area contributed by atoms with E-state index in [2.05, 4.69) is 15.6 Å². The van der Waals surface area contributed by atoms with E-state index in [0.717, 1.165) is 0 Å². The van der Waals surface area contributed by atoms with Crippen LogP contribution in [-0.2, 0) is 24.0 Å². The zero-order valence-electron chi connectivity index (χ0n) is 20.9. The molecule has 1 fully saturated rings. The molecule has 14 nitrogen and oxygen atoms in total. The normalized spacial score (nSPS) is 18.4. The van der Waals surface area contributed by atoms with Crippen LogP contribution >= 0.6 is 0 Å². The van der Waals surface area contributed by atoms with E-state index in [9.17, 15) is 29.1 Å². The summed E-state index contributed by atoms with van der Waals surface area (Å²) < 4.78 is 0. The Morgan fingerprint density at radius 3 is 2.33 bits per heavy atom. The van der Waals surface area contributed by atoms with Crippen molar-refractivity contribution in [1.29, 1.82) is 0 Å². The second-order valence-corrected chi connectivity index (χ2v) is 9.02. The van der Waals surface area contributed by atoms with Gasteiger partial charge < -0.3 is 43.6 Å². The first kappa shape index (κ1) is 30.6. The summed E-state index contributed by atoms with van der Waals surface area (Å²) in [7, 11) is 0. The summed E-state index contributed by atoms with van der Waals surface area (Å²) in [6.07, 6.45) is 1.86. The lowest BCUT2D eigenvalue weighted by Gasteiger charge is -2.32. The number of hydrogen-bond acceptors (Lipinski definition) is 7. The van der Waals surface area contributed by atoms with Gasteiger partial charge in [0.2, 0.25) is 23.6 Å². The molecule has 0 aliphatic carbocycles. The third-order valence-corrected chi connectivity index (χ3v) is 6.21. The Morgan fingerprint density at radius 1 is 1.11 bits per heavy atom. The first-order chi connectivity index (χ1) is 16.9. The van der Waals surface area contributed by atoms with Crippen LogP contribution in [0.1, 0.15) is 58.8 Å². The number of carboxylic acid groups (broad SMARTS) is 1. The molecule has 1 heterocycles. The van der Waals surface area contributed by atoms with Crippen LogP contribution < -0.4 is 33.6 Å². The molecular formula is C22H40N8O6. The van der Waals surface area contributed by atoms with Gasteiger partial charge in [-0.25, -0.2) is 4.79 Å². The number of rotatable bonds is 15. The molecule has 0 spiro atoms. The number of carboxylic acids is 1. The molecule has 1 rings (SSSR count). The fraction of sp³-hybridized carbons (Fsp3) is 0.727. The molecule has 36 heavy (non-hydrogen) atoms. The summed E-state index contributed by atoms with van der Waals surface area (Å²) in [4.78, 5) is 66.8. The standard InChI is InChI=1S/C22H40N8O6/c1-3-12(2)17(29-18(32)13(23)6-4-10-27-22(25)26)20(34)30-11-5-7-15(30)19(33)28-14(21(35)36)8-9-16(24)31/h12-15,17H,3-11,23H2,1-2H3,(H2,24,31)(H,28,33)(H,29,32)(H,35,36)(H4,25,26,27). The number of amides is 4. The maximum Gasteiger partial charge on any atom is 0.326 e. The molecule has 14 heteroatoms. The van der Waals surface area contributed by atoms with Crippen molar-refractivity contribution >= 4 is 35.6 Å². The Labute approximate surface area is 210 Å². The largest absolute Gasteiger partial charge is 0.480 e. The second-order valence-electron chi connectivity index (χ2n) is 9.02. The molecule has 0 radical (unpaired) electrons. The fourth-order valence-electron chi connectivity index (χ4n) is 3.89. The third kappa shape index (κ3) is 9.68. The molecule has 5 atom stereocenters. The van der Waals surface area contributed by atoms with Crippen LogP contribution in [0.25, 0.3) is 0 Å². The Hall–Kier alpha value is -3.42. The topological polar surface area (TPSA) is 249 Å². The summed E-state index contributed by atoms with van der Waals surface area (Å²) in [6, 6.07) is -4.00. The fourth-order valence-corrected chi connectivity index (χ4v) is 3.89. The van der Waals surface area contributed by atoms with Crippen LogP contribution in [0.3, 0.4) is 0 Å². The van der Waals surface area contributed by atoms with Crippen LogP contribution in [0.4, 0.5) is 0 Å². The number of aliphatic carboxylic acids is 1. The van der Waals surface area contributed by atoms with Gasteiger partial charge in [-0.2, -0.15) is 0 Å². The lowest BCUT2D eigenvalue weighted by atomic mass is 9.96. The predicted molar refractivity (Wildman–Crippen MR) is 132 cm³/mol.